The van der Waals surface area contributed by atoms with Crippen molar-refractivity contribution in [1.82, 2.24) is 9.62 Å². The Hall–Kier alpha value is -1.50. The van der Waals surface area contributed by atoms with Gasteiger partial charge >= 0.3 is 6.09 Å². The van der Waals surface area contributed by atoms with Gasteiger partial charge in [0.2, 0.25) is 0 Å². The van der Waals surface area contributed by atoms with Crippen molar-refractivity contribution in [3.63, 3.8) is 0 Å². The molecule has 2 atom stereocenters. The number of hydrogen-bond donors (Lipinski definition) is 2. The fourth-order valence-electron chi connectivity index (χ4n) is 4.57. The van der Waals surface area contributed by atoms with Gasteiger partial charge in [-0.2, -0.15) is 0 Å². The van der Waals surface area contributed by atoms with Crippen LogP contribution in [0.1, 0.15) is 77.1 Å². The van der Waals surface area contributed by atoms with Crippen LogP contribution in [0, 0.1) is 17.3 Å². The van der Waals surface area contributed by atoms with Crippen molar-refractivity contribution in [2.24, 2.45) is 5.41 Å². The second kappa shape index (κ2) is 10.1. The van der Waals surface area contributed by atoms with Gasteiger partial charge in [-0.05, 0) is 81.4 Å². The Balaban J connectivity index is 1.84. The predicted molar refractivity (Wildman–Crippen MR) is 145 cm³/mol. The molecule has 1 heterocycles. The molecule has 0 unspecified atom stereocenters. The third-order valence-electron chi connectivity index (χ3n) is 7.97. The molecule has 2 aliphatic rings. The number of fused-ring (bicyclic) bond motifs is 1. The van der Waals surface area contributed by atoms with Crippen molar-refractivity contribution in [2.75, 3.05) is 19.7 Å². The normalized spacial score (nSPS) is 20.8. The lowest BCUT2D eigenvalue weighted by Crippen LogP contribution is -2.50. The largest absolute Gasteiger partial charge is 0.598 e. The lowest BCUT2D eigenvalue weighted by molar-refractivity contribution is 0.0764. The van der Waals surface area contributed by atoms with Crippen LogP contribution in [0.2, 0.25) is 18.1 Å². The molecule has 194 valence electrons. The zero-order chi connectivity index (χ0) is 26.2. The van der Waals surface area contributed by atoms with E-state index in [1.165, 1.54) is 10.5 Å². The molecule has 1 aromatic rings. The van der Waals surface area contributed by atoms with Crippen LogP contribution in [0.25, 0.3) is 0 Å². The summed E-state index contributed by atoms with van der Waals surface area (Å²) in [5.41, 5.74) is 3.16. The fraction of sp³-hybridized carbons (Fsp3) is 0.667. The molecule has 1 aromatic carbocycles. The first-order valence-corrected chi connectivity index (χ1v) is 16.5. The Morgan fingerprint density at radius 2 is 1.89 bits per heavy atom. The van der Waals surface area contributed by atoms with Gasteiger partial charge in [0.15, 0.2) is 8.32 Å². The van der Waals surface area contributed by atoms with Crippen molar-refractivity contribution in [3.8, 4) is 11.8 Å². The molecule has 0 saturated carbocycles. The predicted octanol–water partition coefficient (Wildman–Crippen LogP) is 5.47. The molecule has 35 heavy (non-hydrogen) atoms. The molecular formula is C27H42N2O4SSi. The number of carboxylic acid groups (broad SMARTS) is 1. The van der Waals surface area contributed by atoms with Crippen molar-refractivity contribution in [3.05, 3.63) is 34.9 Å². The molecule has 8 heteroatoms. The number of hydrogen-bond acceptors (Lipinski definition) is 4. The zero-order valence-corrected chi connectivity index (χ0v) is 24.4. The van der Waals surface area contributed by atoms with Crippen LogP contribution >= 0.6 is 0 Å². The molecule has 0 bridgehead atoms. The van der Waals surface area contributed by atoms with E-state index < -0.39 is 30.5 Å². The monoisotopic (exact) mass is 518 g/mol. The standard InChI is InChI=1S/C27H42N2O4SSi/c1-25(2,3)34(32)28-23-22-18-20(10-9-17-33-35(7,8)26(4,5)6)11-12-21(22)19-27(23)13-15-29(16-14-27)24(30)31/h11-12,18,23,28H,13-17,19H2,1-8H3,(H,30,31)/t23-,34-/m1/s1. The average Bonchev–Trinajstić information content (AvgIpc) is 3.02. The lowest BCUT2D eigenvalue weighted by atomic mass is 9.73. The summed E-state index contributed by atoms with van der Waals surface area (Å²) in [7, 11) is -1.84. The highest BCUT2D eigenvalue weighted by molar-refractivity contribution is 7.90. The summed E-state index contributed by atoms with van der Waals surface area (Å²) in [6, 6.07) is 6.23. The van der Waals surface area contributed by atoms with E-state index in [9.17, 15) is 14.5 Å². The van der Waals surface area contributed by atoms with E-state index in [0.717, 1.165) is 30.4 Å². The van der Waals surface area contributed by atoms with Crippen LogP contribution in [0.15, 0.2) is 18.2 Å². The number of benzene rings is 1. The van der Waals surface area contributed by atoms with Crippen LogP contribution in [0.3, 0.4) is 0 Å². The molecule has 1 fully saturated rings. The second-order valence-electron chi connectivity index (χ2n) is 12.5. The molecule has 1 aliphatic heterocycles. The van der Waals surface area contributed by atoms with Crippen molar-refractivity contribution < 1.29 is 18.9 Å². The molecule has 1 aliphatic carbocycles. The molecule has 0 radical (unpaired) electrons. The molecule has 3 rings (SSSR count). The number of amides is 1. The molecule has 1 spiro atoms. The van der Waals surface area contributed by atoms with Crippen LogP contribution < -0.4 is 4.72 Å². The van der Waals surface area contributed by atoms with Crippen molar-refractivity contribution >= 4 is 25.8 Å². The molecule has 6 nitrogen and oxygen atoms in total. The number of rotatable bonds is 4. The number of piperidine rings is 1. The quantitative estimate of drug-likeness (QED) is 0.314. The van der Waals surface area contributed by atoms with Crippen LogP contribution in [-0.4, -0.2) is 53.4 Å². The highest BCUT2D eigenvalue weighted by Gasteiger charge is 2.51. The summed E-state index contributed by atoms with van der Waals surface area (Å²) in [6.45, 7) is 18.4. The van der Waals surface area contributed by atoms with Crippen LogP contribution in [-0.2, 0) is 22.2 Å². The topological polar surface area (TPSA) is 84.9 Å². The number of nitrogens with zero attached hydrogens (tertiary/aromatic N) is 1. The first kappa shape index (κ1) is 28.1. The molecule has 1 amide bonds. The maximum atomic E-state index is 13.2. The van der Waals surface area contributed by atoms with Crippen molar-refractivity contribution in [2.45, 2.75) is 89.7 Å². The van der Waals surface area contributed by atoms with Gasteiger partial charge in [0.25, 0.3) is 0 Å². The lowest BCUT2D eigenvalue weighted by Gasteiger charge is -2.43. The van der Waals surface area contributed by atoms with Gasteiger partial charge < -0.3 is 19.0 Å². The van der Waals surface area contributed by atoms with Gasteiger partial charge in [0.1, 0.15) is 4.75 Å². The van der Waals surface area contributed by atoms with E-state index in [1.54, 1.807) is 0 Å². The second-order valence-corrected chi connectivity index (χ2v) is 19.3. The number of likely N-dealkylation sites (tertiary alicyclic amines) is 1. The molecule has 0 aromatic heterocycles. The van der Waals surface area contributed by atoms with Crippen LogP contribution in [0.4, 0.5) is 4.79 Å². The van der Waals surface area contributed by atoms with Gasteiger partial charge in [-0.3, -0.25) is 0 Å². The third kappa shape index (κ3) is 6.26. The van der Waals surface area contributed by atoms with Gasteiger partial charge in [-0.15, -0.1) is 4.72 Å². The van der Waals surface area contributed by atoms with E-state index >= 15 is 0 Å². The summed E-state index contributed by atoms with van der Waals surface area (Å²) in [4.78, 5) is 13.0. The highest BCUT2D eigenvalue weighted by atomic mass is 32.2. The Bertz CT molecular complexity index is 995. The minimum absolute atomic E-state index is 0.0984. The van der Waals surface area contributed by atoms with E-state index in [1.807, 2.05) is 20.8 Å². The van der Waals surface area contributed by atoms with Gasteiger partial charge in [0, 0.05) is 35.4 Å². The fourth-order valence-corrected chi connectivity index (χ4v) is 6.38. The molecule has 1 saturated heterocycles. The first-order chi connectivity index (χ1) is 16.1. The SMILES string of the molecule is CC(C)(C)[S@@+]([O-])N[C@@H]1c2cc(C#CCO[Si](C)(C)C(C)(C)C)ccc2CC12CCN(C(=O)O)CC2. The minimum atomic E-state index is -1.84. The zero-order valence-electron chi connectivity index (χ0n) is 22.6. The highest BCUT2D eigenvalue weighted by Crippen LogP contribution is 2.52. The van der Waals surface area contributed by atoms with E-state index in [4.69, 9.17) is 4.43 Å². The Labute approximate surface area is 215 Å². The summed E-state index contributed by atoms with van der Waals surface area (Å²) >= 11 is -1.24. The maximum absolute atomic E-state index is 13.2. The smallest absolute Gasteiger partial charge is 0.407 e. The Morgan fingerprint density at radius 3 is 2.43 bits per heavy atom. The van der Waals surface area contributed by atoms with E-state index in [-0.39, 0.29) is 16.5 Å². The Morgan fingerprint density at radius 1 is 1.26 bits per heavy atom. The number of carbonyl (C=O) groups is 1. The van der Waals surface area contributed by atoms with E-state index in [2.05, 4.69) is 68.6 Å². The number of nitrogens with one attached hydrogen (secondary N) is 1. The first-order valence-electron chi connectivity index (χ1n) is 12.5. The Kier molecular flexibility index (Phi) is 8.10. The van der Waals surface area contributed by atoms with Crippen molar-refractivity contribution in [1.29, 1.82) is 0 Å². The minimum Gasteiger partial charge on any atom is -0.598 e. The van der Waals surface area contributed by atoms with Gasteiger partial charge in [0.05, 0.1) is 12.6 Å². The average molecular weight is 519 g/mol. The molecule has 2 N–H and O–H groups in total. The summed E-state index contributed by atoms with van der Waals surface area (Å²) in [6.07, 6.45) is 1.48. The summed E-state index contributed by atoms with van der Waals surface area (Å²) < 4.78 is 22.4. The molecular weight excluding hydrogens is 476 g/mol. The van der Waals surface area contributed by atoms with E-state index in [0.29, 0.717) is 19.7 Å². The maximum Gasteiger partial charge on any atom is 0.407 e. The summed E-state index contributed by atoms with van der Waals surface area (Å²) in [5, 5.41) is 9.58. The van der Waals surface area contributed by atoms with Gasteiger partial charge in [-0.1, -0.05) is 38.7 Å². The van der Waals surface area contributed by atoms with Gasteiger partial charge in [-0.25, -0.2) is 4.79 Å². The third-order valence-corrected chi connectivity index (χ3v) is 14.0. The van der Waals surface area contributed by atoms with Crippen LogP contribution in [0.5, 0.6) is 0 Å². The summed E-state index contributed by atoms with van der Waals surface area (Å²) in [5.74, 6) is 6.47.